The molecule has 0 radical (unpaired) electrons. The number of hydrogen-bond acceptors (Lipinski definition) is 2. The molecule has 2 nitrogen and oxygen atoms in total. The van der Waals surface area contributed by atoms with Gasteiger partial charge in [0.15, 0.2) is 0 Å². The van der Waals surface area contributed by atoms with E-state index in [0.29, 0.717) is 12.0 Å². The lowest BCUT2D eigenvalue weighted by atomic mass is 10.4. The normalized spacial score (nSPS) is 15.0. The average molecular weight is 278 g/mol. The number of alkyl halides is 1. The predicted molar refractivity (Wildman–Crippen MR) is 73.8 cm³/mol. The van der Waals surface area contributed by atoms with Crippen LogP contribution in [-0.2, 0) is 4.57 Å². The summed E-state index contributed by atoms with van der Waals surface area (Å²) in [4.78, 5) is 1.02. The van der Waals surface area contributed by atoms with Crippen LogP contribution in [0, 0.1) is 0 Å². The van der Waals surface area contributed by atoms with Gasteiger partial charge in [-0.2, -0.15) is 0 Å². The predicted octanol–water partition coefficient (Wildman–Crippen LogP) is 4.21. The number of nitrogens with one attached hydrogen (secondary N) is 1. The molecule has 1 N–H and O–H groups in total. The van der Waals surface area contributed by atoms with Crippen molar-refractivity contribution in [3.05, 3.63) is 30.3 Å². The third-order valence-corrected chi connectivity index (χ3v) is 7.16. The third-order valence-electron chi connectivity index (χ3n) is 1.83. The van der Waals surface area contributed by atoms with Crippen LogP contribution in [0.1, 0.15) is 13.8 Å². The van der Waals surface area contributed by atoms with E-state index in [0.717, 1.165) is 4.90 Å². The lowest BCUT2D eigenvalue weighted by Gasteiger charge is -2.20. The summed E-state index contributed by atoms with van der Waals surface area (Å²) in [7, 11) is 0. The van der Waals surface area contributed by atoms with Crippen molar-refractivity contribution in [2.24, 2.45) is 0 Å². The molecule has 90 valence electrons. The summed E-state index contributed by atoms with van der Waals surface area (Å²) in [5, 5.41) is 3.14. The molecule has 0 aromatic heterocycles. The van der Waals surface area contributed by atoms with Crippen molar-refractivity contribution in [2.75, 3.05) is 12.0 Å². The van der Waals surface area contributed by atoms with Crippen molar-refractivity contribution in [2.45, 2.75) is 24.8 Å². The zero-order valence-corrected chi connectivity index (χ0v) is 12.0. The van der Waals surface area contributed by atoms with Gasteiger partial charge in [-0.05, 0) is 37.4 Å². The van der Waals surface area contributed by atoms with Gasteiger partial charge in [-0.1, -0.05) is 18.2 Å². The molecule has 1 rings (SSSR count). The second-order valence-electron chi connectivity index (χ2n) is 3.77. The monoisotopic (exact) mass is 277 g/mol. The number of benzene rings is 1. The van der Waals surface area contributed by atoms with Crippen LogP contribution >= 0.6 is 29.5 Å². The van der Waals surface area contributed by atoms with Crippen LogP contribution in [0.15, 0.2) is 35.2 Å². The fourth-order valence-corrected chi connectivity index (χ4v) is 6.93. The molecule has 0 heterocycles. The van der Waals surface area contributed by atoms with Crippen LogP contribution in [0.25, 0.3) is 0 Å². The topological polar surface area (TPSA) is 29.1 Å². The highest BCUT2D eigenvalue weighted by Gasteiger charge is 2.23. The van der Waals surface area contributed by atoms with Crippen molar-refractivity contribution in [1.29, 1.82) is 0 Å². The van der Waals surface area contributed by atoms with E-state index < -0.39 is 6.49 Å². The van der Waals surface area contributed by atoms with Crippen LogP contribution in [0.3, 0.4) is 0 Å². The molecule has 0 bridgehead atoms. The Morgan fingerprint density at radius 2 is 2.00 bits per heavy atom. The first-order valence-electron chi connectivity index (χ1n) is 5.23. The van der Waals surface area contributed by atoms with Crippen molar-refractivity contribution < 1.29 is 4.57 Å². The molecule has 1 atom stereocenters. The Morgan fingerprint density at radius 3 is 2.50 bits per heavy atom. The largest absolute Gasteiger partial charge is 0.295 e. The van der Waals surface area contributed by atoms with Crippen LogP contribution in [0.4, 0.5) is 0 Å². The lowest BCUT2D eigenvalue weighted by molar-refractivity contribution is 0.569. The smallest absolute Gasteiger partial charge is 0.206 e. The van der Waals surface area contributed by atoms with Crippen LogP contribution in [0.5, 0.6) is 0 Å². The Bertz CT molecular complexity index is 358. The molecule has 0 saturated heterocycles. The van der Waals surface area contributed by atoms with Gasteiger partial charge in [0.1, 0.15) is 0 Å². The van der Waals surface area contributed by atoms with Crippen LogP contribution in [-0.4, -0.2) is 18.1 Å². The Labute approximate surface area is 106 Å². The van der Waals surface area contributed by atoms with Gasteiger partial charge < -0.3 is 0 Å². The lowest BCUT2D eigenvalue weighted by Crippen LogP contribution is -2.19. The number of halogens is 1. The maximum absolute atomic E-state index is 12.6. The summed E-state index contributed by atoms with van der Waals surface area (Å²) in [6.07, 6.45) is 0.506. The second-order valence-corrected chi connectivity index (χ2v) is 9.18. The first-order chi connectivity index (χ1) is 7.56. The molecule has 0 amide bonds. The van der Waals surface area contributed by atoms with Gasteiger partial charge >= 0.3 is 0 Å². The minimum Gasteiger partial charge on any atom is -0.295 e. The van der Waals surface area contributed by atoms with Crippen molar-refractivity contribution in [3.63, 3.8) is 0 Å². The fourth-order valence-electron chi connectivity index (χ4n) is 1.29. The number of rotatable bonds is 6. The van der Waals surface area contributed by atoms with E-state index in [1.165, 1.54) is 11.4 Å². The van der Waals surface area contributed by atoms with Crippen LogP contribution < -0.4 is 5.09 Å². The van der Waals surface area contributed by atoms with E-state index in [1.807, 2.05) is 44.2 Å². The summed E-state index contributed by atoms with van der Waals surface area (Å²) in [6, 6.07) is 9.98. The molecule has 5 heteroatoms. The van der Waals surface area contributed by atoms with Gasteiger partial charge in [-0.25, -0.2) is 0 Å². The molecule has 0 saturated carbocycles. The molecule has 0 aliphatic rings. The zero-order valence-electron chi connectivity index (χ0n) is 9.52. The maximum atomic E-state index is 12.6. The van der Waals surface area contributed by atoms with Gasteiger partial charge in [-0.3, -0.25) is 9.65 Å². The van der Waals surface area contributed by atoms with Crippen molar-refractivity contribution in [3.8, 4) is 0 Å². The van der Waals surface area contributed by atoms with E-state index in [-0.39, 0.29) is 6.04 Å². The molecule has 1 unspecified atom stereocenters. The Morgan fingerprint density at radius 1 is 1.38 bits per heavy atom. The van der Waals surface area contributed by atoms with Gasteiger partial charge in [0.25, 0.3) is 0 Å². The van der Waals surface area contributed by atoms with E-state index in [9.17, 15) is 4.57 Å². The second kappa shape index (κ2) is 6.70. The van der Waals surface area contributed by atoms with Gasteiger partial charge in [0, 0.05) is 23.0 Å². The highest BCUT2D eigenvalue weighted by molar-refractivity contribution is 8.57. The SMILES string of the molecule is CC(C)NP(=O)(CCCl)Sc1ccccc1. The Hall–Kier alpha value is 0.0500. The molecule has 1 aromatic rings. The average Bonchev–Trinajstić information content (AvgIpc) is 2.17. The summed E-state index contributed by atoms with van der Waals surface area (Å²) in [5.74, 6) is 0.414. The molecular formula is C11H17ClNOPS. The molecule has 0 aliphatic carbocycles. The van der Waals surface area contributed by atoms with Gasteiger partial charge in [0.2, 0.25) is 6.49 Å². The Balaban J connectivity index is 2.75. The van der Waals surface area contributed by atoms with Crippen molar-refractivity contribution in [1.82, 2.24) is 5.09 Å². The highest BCUT2D eigenvalue weighted by atomic mass is 35.5. The molecule has 0 fully saturated rings. The minimum absolute atomic E-state index is 0.199. The summed E-state index contributed by atoms with van der Waals surface area (Å²) < 4.78 is 12.6. The molecule has 0 spiro atoms. The first-order valence-corrected chi connectivity index (χ1v) is 9.08. The summed E-state index contributed by atoms with van der Waals surface area (Å²) in [6.45, 7) is 1.52. The standard InChI is InChI=1S/C11H17ClNOPS/c1-10(2)13-15(14,9-8-12)16-11-6-4-3-5-7-11/h3-7,10H,8-9H2,1-2H3,(H,13,14). The highest BCUT2D eigenvalue weighted by Crippen LogP contribution is 2.58. The quantitative estimate of drug-likeness (QED) is 0.624. The van der Waals surface area contributed by atoms with Gasteiger partial charge in [0.05, 0.1) is 0 Å². The molecule has 1 aromatic carbocycles. The van der Waals surface area contributed by atoms with E-state index in [4.69, 9.17) is 11.6 Å². The van der Waals surface area contributed by atoms with Gasteiger partial charge in [-0.15, -0.1) is 11.6 Å². The fraction of sp³-hybridized carbons (Fsp3) is 0.455. The first kappa shape index (κ1) is 14.1. The molecular weight excluding hydrogens is 261 g/mol. The molecule has 0 aliphatic heterocycles. The van der Waals surface area contributed by atoms with E-state index in [2.05, 4.69) is 5.09 Å². The minimum atomic E-state index is -2.46. The Kier molecular flexibility index (Phi) is 5.91. The van der Waals surface area contributed by atoms with Crippen LogP contribution in [0.2, 0.25) is 0 Å². The molecule has 16 heavy (non-hydrogen) atoms. The summed E-state index contributed by atoms with van der Waals surface area (Å²) >= 11 is 7.11. The van der Waals surface area contributed by atoms with E-state index >= 15 is 0 Å². The van der Waals surface area contributed by atoms with Crippen molar-refractivity contribution >= 4 is 29.5 Å². The zero-order chi connectivity index (χ0) is 12.0. The third kappa shape index (κ3) is 4.92. The number of hydrogen-bond donors (Lipinski definition) is 1. The summed E-state index contributed by atoms with van der Waals surface area (Å²) in [5.41, 5.74) is 0. The maximum Gasteiger partial charge on any atom is 0.206 e. The van der Waals surface area contributed by atoms with E-state index in [1.54, 1.807) is 0 Å².